The van der Waals surface area contributed by atoms with E-state index >= 15 is 0 Å². The Hall–Kier alpha value is -0.930. The van der Waals surface area contributed by atoms with Crippen LogP contribution in [0.3, 0.4) is 0 Å². The number of rotatable bonds is 4. The maximum Gasteiger partial charge on any atom is 0.0730 e. The number of methoxy groups -OCH3 is 1. The summed E-state index contributed by atoms with van der Waals surface area (Å²) in [7, 11) is 1.76. The van der Waals surface area contributed by atoms with Gasteiger partial charge in [-0.3, -0.25) is 9.88 Å². The van der Waals surface area contributed by atoms with Gasteiger partial charge < -0.3 is 4.74 Å². The Morgan fingerprint density at radius 3 is 2.95 bits per heavy atom. The first-order chi connectivity index (χ1) is 9.36. The molecule has 3 heteroatoms. The van der Waals surface area contributed by atoms with E-state index in [1.54, 1.807) is 7.11 Å². The Bertz CT molecular complexity index is 427. The fourth-order valence-corrected chi connectivity index (χ4v) is 3.62. The van der Waals surface area contributed by atoms with Crippen LogP contribution in [-0.4, -0.2) is 30.1 Å². The van der Waals surface area contributed by atoms with Crippen molar-refractivity contribution in [2.45, 2.75) is 45.3 Å². The van der Waals surface area contributed by atoms with E-state index in [9.17, 15) is 0 Å². The average Bonchev–Trinajstić information content (AvgIpc) is 2.92. The molecule has 0 bridgehead atoms. The molecule has 3 rings (SSSR count). The summed E-state index contributed by atoms with van der Waals surface area (Å²) in [6.07, 6.45) is 10.9. The largest absolute Gasteiger partial charge is 0.380 e. The van der Waals surface area contributed by atoms with Gasteiger partial charge in [0.1, 0.15) is 0 Å². The molecule has 2 heterocycles. The normalized spacial score (nSPS) is 20.7. The third-order valence-electron chi connectivity index (χ3n) is 4.60. The molecule has 0 N–H and O–H groups in total. The van der Waals surface area contributed by atoms with Crippen molar-refractivity contribution in [3.63, 3.8) is 0 Å². The van der Waals surface area contributed by atoms with Crippen LogP contribution >= 0.6 is 0 Å². The summed E-state index contributed by atoms with van der Waals surface area (Å²) in [4.78, 5) is 7.00. The minimum absolute atomic E-state index is 0.693. The summed E-state index contributed by atoms with van der Waals surface area (Å²) >= 11 is 0. The first-order valence-electron chi connectivity index (χ1n) is 7.52. The number of hydrogen-bond donors (Lipinski definition) is 0. The lowest BCUT2D eigenvalue weighted by atomic mass is 9.96. The average molecular weight is 260 g/mol. The van der Waals surface area contributed by atoms with Gasteiger partial charge in [-0.15, -0.1) is 0 Å². The molecule has 1 aliphatic carbocycles. The van der Waals surface area contributed by atoms with Crippen LogP contribution < -0.4 is 0 Å². The number of nitrogens with zero attached hydrogens (tertiary/aromatic N) is 2. The minimum atomic E-state index is 0.693. The zero-order chi connectivity index (χ0) is 13.1. The van der Waals surface area contributed by atoms with Crippen molar-refractivity contribution in [1.82, 2.24) is 9.88 Å². The van der Waals surface area contributed by atoms with Gasteiger partial charge in [-0.25, -0.2) is 0 Å². The lowest BCUT2D eigenvalue weighted by Gasteiger charge is -2.31. The molecule has 0 saturated heterocycles. The highest BCUT2D eigenvalue weighted by Gasteiger charge is 2.23. The summed E-state index contributed by atoms with van der Waals surface area (Å²) < 4.78 is 5.27. The zero-order valence-electron chi connectivity index (χ0n) is 11.9. The molecule has 104 valence electrons. The molecular weight excluding hydrogens is 236 g/mol. The molecule has 1 fully saturated rings. The molecule has 1 aromatic heterocycles. The van der Waals surface area contributed by atoms with Crippen molar-refractivity contribution in [3.8, 4) is 0 Å². The number of pyridine rings is 1. The smallest absolute Gasteiger partial charge is 0.0730 e. The predicted molar refractivity (Wildman–Crippen MR) is 75.9 cm³/mol. The van der Waals surface area contributed by atoms with Gasteiger partial charge in [-0.05, 0) is 41.9 Å². The second kappa shape index (κ2) is 6.02. The molecule has 1 aromatic rings. The minimum Gasteiger partial charge on any atom is -0.380 e. The maximum absolute atomic E-state index is 5.27. The third kappa shape index (κ3) is 2.98. The second-order valence-electron chi connectivity index (χ2n) is 6.00. The number of fused-ring (bicyclic) bond motifs is 1. The van der Waals surface area contributed by atoms with Crippen LogP contribution in [0.15, 0.2) is 12.4 Å². The van der Waals surface area contributed by atoms with E-state index in [1.807, 2.05) is 6.20 Å². The summed E-state index contributed by atoms with van der Waals surface area (Å²) in [5, 5.41) is 0. The van der Waals surface area contributed by atoms with Crippen LogP contribution in [0.5, 0.6) is 0 Å². The van der Waals surface area contributed by atoms with Crippen molar-refractivity contribution in [1.29, 1.82) is 0 Å². The van der Waals surface area contributed by atoms with E-state index in [1.165, 1.54) is 55.5 Å². The Morgan fingerprint density at radius 2 is 2.16 bits per heavy atom. The molecule has 3 nitrogen and oxygen atoms in total. The quantitative estimate of drug-likeness (QED) is 0.832. The number of ether oxygens (including phenoxy) is 1. The first-order valence-corrected chi connectivity index (χ1v) is 7.52. The summed E-state index contributed by atoms with van der Waals surface area (Å²) in [5.74, 6) is 0.941. The van der Waals surface area contributed by atoms with Gasteiger partial charge in [-0.2, -0.15) is 0 Å². The summed E-state index contributed by atoms with van der Waals surface area (Å²) in [5.41, 5.74) is 4.18. The Labute approximate surface area is 116 Å². The molecule has 0 aromatic carbocycles. The van der Waals surface area contributed by atoms with Gasteiger partial charge >= 0.3 is 0 Å². The van der Waals surface area contributed by atoms with Gasteiger partial charge in [0, 0.05) is 39.1 Å². The molecular formula is C16H24N2O. The van der Waals surface area contributed by atoms with Gasteiger partial charge in [0.05, 0.1) is 6.61 Å². The van der Waals surface area contributed by atoms with E-state index in [4.69, 9.17) is 4.74 Å². The highest BCUT2D eigenvalue weighted by atomic mass is 16.5. The lowest BCUT2D eigenvalue weighted by Crippen LogP contribution is -2.34. The highest BCUT2D eigenvalue weighted by molar-refractivity contribution is 5.33. The van der Waals surface area contributed by atoms with Gasteiger partial charge in [0.2, 0.25) is 0 Å². The summed E-state index contributed by atoms with van der Waals surface area (Å²) in [6, 6.07) is 0. The lowest BCUT2D eigenvalue weighted by molar-refractivity contribution is 0.180. The van der Waals surface area contributed by atoms with E-state index in [2.05, 4.69) is 16.1 Å². The van der Waals surface area contributed by atoms with Crippen LogP contribution in [-0.2, 0) is 24.3 Å². The van der Waals surface area contributed by atoms with Crippen molar-refractivity contribution in [2.75, 3.05) is 20.2 Å². The molecule has 1 saturated carbocycles. The SMILES string of the molecule is COCc1cncc2c1CCN(CC1CCCC1)C2. The Morgan fingerprint density at radius 1 is 1.32 bits per heavy atom. The monoisotopic (exact) mass is 260 g/mol. The van der Waals surface area contributed by atoms with Gasteiger partial charge in [-0.1, -0.05) is 12.8 Å². The predicted octanol–water partition coefficient (Wildman–Crippen LogP) is 2.78. The number of aromatic nitrogens is 1. The van der Waals surface area contributed by atoms with Crippen molar-refractivity contribution >= 4 is 0 Å². The fourth-order valence-electron chi connectivity index (χ4n) is 3.62. The molecule has 0 spiro atoms. The highest BCUT2D eigenvalue weighted by Crippen LogP contribution is 2.28. The second-order valence-corrected chi connectivity index (χ2v) is 6.00. The summed E-state index contributed by atoms with van der Waals surface area (Å²) in [6.45, 7) is 4.26. The first kappa shape index (κ1) is 13.1. The maximum atomic E-state index is 5.27. The van der Waals surface area contributed by atoms with Crippen LogP contribution in [0.4, 0.5) is 0 Å². The molecule has 0 unspecified atom stereocenters. The topological polar surface area (TPSA) is 25.4 Å². The number of hydrogen-bond acceptors (Lipinski definition) is 3. The molecule has 0 radical (unpaired) electrons. The van der Waals surface area contributed by atoms with Gasteiger partial charge in [0.15, 0.2) is 0 Å². The molecule has 1 aliphatic heterocycles. The van der Waals surface area contributed by atoms with Crippen molar-refractivity contribution in [2.24, 2.45) is 5.92 Å². The molecule has 19 heavy (non-hydrogen) atoms. The van der Waals surface area contributed by atoms with E-state index in [0.29, 0.717) is 6.61 Å². The molecule has 2 aliphatic rings. The Balaban J connectivity index is 1.67. The third-order valence-corrected chi connectivity index (χ3v) is 4.60. The molecule has 0 atom stereocenters. The van der Waals surface area contributed by atoms with Crippen molar-refractivity contribution < 1.29 is 4.74 Å². The fraction of sp³-hybridized carbons (Fsp3) is 0.688. The standard InChI is InChI=1S/C16H24N2O/c1-19-12-15-9-17-8-14-11-18(7-6-16(14)15)10-13-4-2-3-5-13/h8-9,13H,2-7,10-12H2,1H3. The zero-order valence-corrected chi connectivity index (χ0v) is 11.9. The van der Waals surface area contributed by atoms with Crippen LogP contribution in [0.25, 0.3) is 0 Å². The van der Waals surface area contributed by atoms with Crippen LogP contribution in [0.2, 0.25) is 0 Å². The van der Waals surface area contributed by atoms with Crippen LogP contribution in [0, 0.1) is 5.92 Å². The molecule has 0 amide bonds. The van der Waals surface area contributed by atoms with E-state index < -0.39 is 0 Å². The Kier molecular flexibility index (Phi) is 4.14. The van der Waals surface area contributed by atoms with E-state index in [-0.39, 0.29) is 0 Å². The van der Waals surface area contributed by atoms with Crippen LogP contribution in [0.1, 0.15) is 42.4 Å². The van der Waals surface area contributed by atoms with Crippen molar-refractivity contribution in [3.05, 3.63) is 29.1 Å². The van der Waals surface area contributed by atoms with Gasteiger partial charge in [0.25, 0.3) is 0 Å². The van der Waals surface area contributed by atoms with E-state index in [0.717, 1.165) is 18.9 Å².